The molecule has 5 N–H and O–H groups in total. The van der Waals surface area contributed by atoms with Gasteiger partial charge in [0, 0.05) is 39.6 Å². The molecule has 0 bridgehead atoms. The lowest BCUT2D eigenvalue weighted by atomic mass is 9.80. The Kier molecular flexibility index (Phi) is 13.6. The fourth-order valence-electron chi connectivity index (χ4n) is 6.33. The normalized spacial score (nSPS) is 16.7. The van der Waals surface area contributed by atoms with Gasteiger partial charge < -0.3 is 31.0 Å². The summed E-state index contributed by atoms with van der Waals surface area (Å²) in [4.78, 5) is 65.2. The Morgan fingerprint density at radius 2 is 1.54 bits per heavy atom. The molecule has 3 aromatic carbocycles. The summed E-state index contributed by atoms with van der Waals surface area (Å²) in [6, 6.07) is 27.1. The van der Waals surface area contributed by atoms with E-state index in [2.05, 4.69) is 31.0 Å². The zero-order chi connectivity index (χ0) is 43.3. The maximum atomic E-state index is 14.3. The number of nitrogens with zero attached hydrogens (tertiary/aromatic N) is 5. The van der Waals surface area contributed by atoms with Crippen LogP contribution in [-0.4, -0.2) is 89.8 Å². The Morgan fingerprint density at radius 1 is 0.951 bits per heavy atom. The fourth-order valence-corrected chi connectivity index (χ4v) is 11.8. The number of hydrogen-bond acceptors (Lipinski definition) is 16. The number of carboxylic acids is 1. The number of halogens is 1. The van der Waals surface area contributed by atoms with E-state index in [1.807, 2.05) is 91.0 Å². The number of carbonyl (C=O) groups excluding carboxylic acids is 3. The number of aromatic nitrogens is 3. The molecule has 61 heavy (non-hydrogen) atoms. The van der Waals surface area contributed by atoms with Crippen LogP contribution in [0.1, 0.15) is 43.2 Å². The molecule has 0 spiro atoms. The monoisotopic (exact) mass is 936 g/mol. The van der Waals surface area contributed by atoms with Crippen LogP contribution in [0, 0.1) is 0 Å². The number of alkyl carbamates (subject to hydrolysis) is 1. The lowest BCUT2D eigenvalue weighted by Crippen LogP contribution is -2.71. The van der Waals surface area contributed by atoms with Crippen molar-refractivity contribution < 1.29 is 33.9 Å². The Bertz CT molecular complexity index is 2390. The number of anilines is 1. The number of carbonyl (C=O) groups is 4. The topological polar surface area (TPSA) is 211 Å². The van der Waals surface area contributed by atoms with Gasteiger partial charge in [0.15, 0.2) is 19.5 Å². The highest BCUT2D eigenvalue weighted by Crippen LogP contribution is 2.46. The van der Waals surface area contributed by atoms with Crippen molar-refractivity contribution in [2.75, 3.05) is 23.8 Å². The summed E-state index contributed by atoms with van der Waals surface area (Å²) in [5.74, 6) is -2.07. The van der Waals surface area contributed by atoms with Crippen molar-refractivity contribution in [1.29, 1.82) is 0 Å². The van der Waals surface area contributed by atoms with Gasteiger partial charge in [-0.1, -0.05) is 154 Å². The molecule has 2 aromatic heterocycles. The molecule has 1 fully saturated rings. The first-order valence-electron chi connectivity index (χ1n) is 18.4. The van der Waals surface area contributed by atoms with Gasteiger partial charge in [-0.3, -0.25) is 14.5 Å². The number of rotatable bonds is 15. The summed E-state index contributed by atoms with van der Waals surface area (Å²) in [6.07, 6.45) is -0.519. The van der Waals surface area contributed by atoms with Crippen molar-refractivity contribution in [2.45, 2.75) is 52.1 Å². The van der Waals surface area contributed by atoms with Gasteiger partial charge in [-0.15, -0.1) is 22.0 Å². The molecule has 2 aliphatic heterocycles. The number of nitrogens with one attached hydrogen (secondary N) is 2. The molecule has 0 unspecified atom stereocenters. The lowest BCUT2D eigenvalue weighted by molar-refractivity contribution is -0.150. The maximum Gasteiger partial charge on any atom is 0.407 e. The molecule has 2 atom stereocenters. The van der Waals surface area contributed by atoms with Crippen LogP contribution in [0.3, 0.4) is 0 Å². The fraction of sp³-hybridized carbons (Fsp3) is 0.250. The maximum absolute atomic E-state index is 14.3. The van der Waals surface area contributed by atoms with Crippen LogP contribution in [0.4, 0.5) is 9.93 Å². The molecule has 4 heterocycles. The number of fused-ring (bicyclic) bond motifs is 1. The SMILES string of the molecule is CC(C)(C)OC(=O)NCCSc1nnc(SC2=C(C(=O)O)N3C(=O)[C@@H](NC(=O)/C(=N\OC(c4ccccc4)(c4ccccc4)c4ccccc4)c4nc(N)sc4Cl)[C@@H]3SC2)s1. The number of carboxylic acid groups (broad SMARTS) is 1. The minimum absolute atomic E-state index is 0.0524. The zero-order valence-electron chi connectivity index (χ0n) is 32.6. The Morgan fingerprint density at radius 3 is 2.08 bits per heavy atom. The quantitative estimate of drug-likeness (QED) is 0.0207. The van der Waals surface area contributed by atoms with E-state index in [9.17, 15) is 24.3 Å². The molecule has 15 nitrogen and oxygen atoms in total. The van der Waals surface area contributed by atoms with Crippen molar-refractivity contribution in [3.63, 3.8) is 0 Å². The van der Waals surface area contributed by atoms with E-state index in [4.69, 9.17) is 26.9 Å². The lowest BCUT2D eigenvalue weighted by Gasteiger charge is -2.49. The number of oxime groups is 1. The van der Waals surface area contributed by atoms with E-state index in [-0.39, 0.29) is 32.3 Å². The van der Waals surface area contributed by atoms with Crippen LogP contribution in [0.25, 0.3) is 0 Å². The number of benzene rings is 3. The van der Waals surface area contributed by atoms with Gasteiger partial charge in [0.2, 0.25) is 5.60 Å². The molecule has 0 radical (unpaired) electrons. The van der Waals surface area contributed by atoms with Crippen molar-refractivity contribution in [2.24, 2.45) is 5.16 Å². The second-order valence-corrected chi connectivity index (χ2v) is 20.5. The molecule has 1 saturated heterocycles. The van der Waals surface area contributed by atoms with Crippen LogP contribution >= 0.6 is 69.6 Å². The van der Waals surface area contributed by atoms with Gasteiger partial charge in [0.1, 0.15) is 32.7 Å². The van der Waals surface area contributed by atoms with E-state index in [1.165, 1.54) is 34.9 Å². The molecule has 3 amide bonds. The van der Waals surface area contributed by atoms with Crippen LogP contribution in [0.5, 0.6) is 0 Å². The summed E-state index contributed by atoms with van der Waals surface area (Å²) in [5.41, 5.74) is 5.58. The van der Waals surface area contributed by atoms with E-state index >= 15 is 0 Å². The van der Waals surface area contributed by atoms with Gasteiger partial charge in [-0.05, 0) is 20.8 Å². The molecule has 5 aromatic rings. The highest BCUT2D eigenvalue weighted by Gasteiger charge is 2.55. The summed E-state index contributed by atoms with van der Waals surface area (Å²) in [6.45, 7) is 5.68. The highest BCUT2D eigenvalue weighted by molar-refractivity contribution is 8.07. The van der Waals surface area contributed by atoms with E-state index in [0.29, 0.717) is 42.6 Å². The van der Waals surface area contributed by atoms with Crippen LogP contribution < -0.4 is 16.4 Å². The smallest absolute Gasteiger partial charge is 0.407 e. The second kappa shape index (κ2) is 18.9. The van der Waals surface area contributed by atoms with Crippen molar-refractivity contribution in [3.8, 4) is 0 Å². The van der Waals surface area contributed by atoms with Crippen LogP contribution in [0.15, 0.2) is 115 Å². The number of thiazole rings is 1. The summed E-state index contributed by atoms with van der Waals surface area (Å²) >= 11 is 12.6. The summed E-state index contributed by atoms with van der Waals surface area (Å²) in [7, 11) is 0. The standard InChI is InChI=1S/C40H37ClN8O7S5/c1-39(2,3)55-36(54)43-19-20-57-37-46-47-38(61-37)59-25-21-58-33-28(32(51)49(33)29(25)34(52)53)44-31(50)27(26-30(41)60-35(42)45-26)48-56-40(22-13-7-4-8-14-22,23-15-9-5-10-16-23)24-17-11-6-12-18-24/h4-18,28,33H,19-21H2,1-3H3,(H2,42,45)(H,43,54)(H,44,50)(H,52,53)/b48-27-/t28-,33+/m1/s1. The molecule has 0 saturated carbocycles. The third-order valence-electron chi connectivity index (χ3n) is 8.87. The number of aliphatic carboxylic acids is 1. The molecule has 2 aliphatic rings. The van der Waals surface area contributed by atoms with Crippen molar-refractivity contribution >= 4 is 104 Å². The van der Waals surface area contributed by atoms with Crippen molar-refractivity contribution in [3.05, 3.63) is 128 Å². The molecule has 316 valence electrons. The number of thioether (sulfide) groups is 3. The summed E-state index contributed by atoms with van der Waals surface area (Å²) < 4.78 is 6.41. The van der Waals surface area contributed by atoms with Crippen molar-refractivity contribution in [1.82, 2.24) is 30.7 Å². The first kappa shape index (κ1) is 44.0. The number of nitrogen functional groups attached to an aromatic ring is 1. The van der Waals surface area contributed by atoms with E-state index in [0.717, 1.165) is 28.0 Å². The Balaban J connectivity index is 1.11. The molecule has 0 aliphatic carbocycles. The first-order chi connectivity index (χ1) is 29.2. The number of ether oxygens (including phenoxy) is 1. The first-order valence-corrected chi connectivity index (χ1v) is 23.3. The van der Waals surface area contributed by atoms with E-state index in [1.54, 1.807) is 20.8 Å². The number of amides is 3. The predicted octanol–water partition coefficient (Wildman–Crippen LogP) is 7.05. The Hall–Kier alpha value is -5.12. The number of hydrogen-bond donors (Lipinski definition) is 4. The third kappa shape index (κ3) is 9.84. The Labute approximate surface area is 375 Å². The molecular weight excluding hydrogens is 900 g/mol. The highest BCUT2D eigenvalue weighted by atomic mass is 35.5. The van der Waals surface area contributed by atoms with Gasteiger partial charge >= 0.3 is 12.1 Å². The molecular formula is C40H37ClN8O7S5. The van der Waals surface area contributed by atoms with Gasteiger partial charge in [-0.25, -0.2) is 14.6 Å². The van der Waals surface area contributed by atoms with Gasteiger partial charge in [0.25, 0.3) is 11.8 Å². The average Bonchev–Trinajstić information content (AvgIpc) is 3.84. The van der Waals surface area contributed by atoms with Crippen LogP contribution in [-0.2, 0) is 29.6 Å². The molecule has 21 heteroatoms. The number of β-lactam (4-membered cyclic amide) rings is 1. The minimum Gasteiger partial charge on any atom is -0.477 e. The van der Waals surface area contributed by atoms with Crippen LogP contribution in [0.2, 0.25) is 4.34 Å². The predicted molar refractivity (Wildman–Crippen MR) is 239 cm³/mol. The largest absolute Gasteiger partial charge is 0.477 e. The van der Waals surface area contributed by atoms with E-state index < -0.39 is 46.5 Å². The number of nitrogens with two attached hydrogens (primary N) is 1. The third-order valence-corrected chi connectivity index (χ3v) is 14.6. The van der Waals surface area contributed by atoms with Gasteiger partial charge in [0.05, 0.1) is 0 Å². The average molecular weight is 938 g/mol. The zero-order valence-corrected chi connectivity index (χ0v) is 37.4. The molecule has 7 rings (SSSR count). The second-order valence-electron chi connectivity index (χ2n) is 14.1. The van der Waals surface area contributed by atoms with Gasteiger partial charge in [-0.2, -0.15) is 0 Å². The summed E-state index contributed by atoms with van der Waals surface area (Å²) in [5, 5.41) is 28.0. The minimum atomic E-state index is -1.37.